The topological polar surface area (TPSA) is 76.2 Å². The Balaban J connectivity index is 1.78. The van der Waals surface area contributed by atoms with Crippen LogP contribution in [0.15, 0.2) is 23.1 Å². The number of amides is 1. The summed E-state index contributed by atoms with van der Waals surface area (Å²) in [5, 5.41) is 0. The number of rotatable bonds is 6. The van der Waals surface area contributed by atoms with E-state index >= 15 is 0 Å². The van der Waals surface area contributed by atoms with Crippen molar-refractivity contribution >= 4 is 15.9 Å². The average molecular weight is 431 g/mol. The molecule has 1 heterocycles. The van der Waals surface area contributed by atoms with Crippen molar-refractivity contribution in [3.05, 3.63) is 24.0 Å². The molecular weight excluding hydrogens is 399 g/mol. The Labute approximate surface area is 172 Å². The van der Waals surface area contributed by atoms with Gasteiger partial charge in [0, 0.05) is 31.9 Å². The van der Waals surface area contributed by atoms with Crippen LogP contribution in [0.5, 0.6) is 5.75 Å². The number of carbonyl (C=O) groups is 1. The molecule has 0 bridgehead atoms. The van der Waals surface area contributed by atoms with Crippen LogP contribution >= 0.6 is 0 Å². The lowest BCUT2D eigenvalue weighted by Crippen LogP contribution is -2.47. The van der Waals surface area contributed by atoms with Crippen molar-refractivity contribution in [3.63, 3.8) is 0 Å². The van der Waals surface area contributed by atoms with Crippen LogP contribution in [0.25, 0.3) is 0 Å². The molecule has 0 unspecified atom stereocenters. The lowest BCUT2D eigenvalue weighted by Gasteiger charge is -2.37. The molecule has 7 nitrogen and oxygen atoms in total. The maximum Gasteiger partial charge on any atom is 0.410 e. The van der Waals surface area contributed by atoms with Crippen LogP contribution in [0, 0.1) is 5.82 Å². The van der Waals surface area contributed by atoms with Gasteiger partial charge in [-0.25, -0.2) is 17.6 Å². The third kappa shape index (κ3) is 7.15. The normalized spacial score (nSPS) is 16.2. The molecule has 0 spiro atoms. The number of likely N-dealkylation sites (N-methyl/N-ethyl adjacent to an activating group) is 1. The molecule has 1 saturated heterocycles. The van der Waals surface area contributed by atoms with Gasteiger partial charge in [-0.15, -0.1) is 0 Å². The predicted molar refractivity (Wildman–Crippen MR) is 108 cm³/mol. The lowest BCUT2D eigenvalue weighted by atomic mass is 10.0. The molecule has 0 atom stereocenters. The minimum Gasteiger partial charge on any atom is -0.489 e. The number of carbonyl (C=O) groups excluding carboxylic acids is 1. The molecule has 1 amide bonds. The number of ether oxygens (including phenoxy) is 2. The summed E-state index contributed by atoms with van der Waals surface area (Å²) in [5.41, 5.74) is -0.503. The Bertz CT molecular complexity index is 815. The van der Waals surface area contributed by atoms with Crippen molar-refractivity contribution in [1.29, 1.82) is 0 Å². The number of likely N-dealkylation sites (tertiary alicyclic amines) is 1. The lowest BCUT2D eigenvalue weighted by molar-refractivity contribution is 0.0151. The van der Waals surface area contributed by atoms with Crippen molar-refractivity contribution < 1.29 is 27.1 Å². The summed E-state index contributed by atoms with van der Waals surface area (Å²) in [4.78, 5) is 15.9. The molecule has 0 radical (unpaired) electrons. The molecule has 0 aliphatic carbocycles. The van der Waals surface area contributed by atoms with E-state index in [1.54, 1.807) is 4.90 Å². The van der Waals surface area contributed by atoms with Crippen LogP contribution in [0.3, 0.4) is 0 Å². The van der Waals surface area contributed by atoms with Gasteiger partial charge >= 0.3 is 6.09 Å². The Hall–Kier alpha value is -1.87. The van der Waals surface area contributed by atoms with Gasteiger partial charge in [-0.2, -0.15) is 0 Å². The van der Waals surface area contributed by atoms with Gasteiger partial charge < -0.3 is 14.4 Å². The minimum absolute atomic E-state index is 0.0329. The Morgan fingerprint density at radius 2 is 1.90 bits per heavy atom. The third-order valence-corrected chi connectivity index (χ3v) is 5.88. The number of nitrogens with zero attached hydrogens (tertiary/aromatic N) is 2. The molecule has 1 aliphatic heterocycles. The molecule has 9 heteroatoms. The van der Waals surface area contributed by atoms with E-state index in [9.17, 15) is 17.6 Å². The van der Waals surface area contributed by atoms with Crippen molar-refractivity contribution in [2.45, 2.75) is 50.2 Å². The number of sulfone groups is 1. The van der Waals surface area contributed by atoms with Crippen LogP contribution < -0.4 is 4.74 Å². The van der Waals surface area contributed by atoms with Crippen molar-refractivity contribution in [2.24, 2.45) is 0 Å². The summed E-state index contributed by atoms with van der Waals surface area (Å²) in [6, 6.07) is 3.95. The number of piperidine rings is 1. The largest absolute Gasteiger partial charge is 0.489 e. The van der Waals surface area contributed by atoms with Gasteiger partial charge in [0.05, 0.1) is 4.90 Å². The second-order valence-electron chi connectivity index (χ2n) is 8.39. The van der Waals surface area contributed by atoms with Gasteiger partial charge in [0.1, 0.15) is 12.2 Å². The summed E-state index contributed by atoms with van der Waals surface area (Å²) in [5.74, 6) is -0.660. The van der Waals surface area contributed by atoms with Crippen LogP contribution in [0.1, 0.15) is 33.6 Å². The molecule has 1 aromatic rings. The van der Waals surface area contributed by atoms with E-state index in [1.807, 2.05) is 27.8 Å². The maximum absolute atomic E-state index is 14.0. The SMILES string of the molecule is CN(CCOc1ccc(S(C)(=O)=O)cc1F)C1CCN(C(=O)OC(C)(C)C)CC1. The molecule has 1 fully saturated rings. The molecule has 0 aromatic heterocycles. The fraction of sp³-hybridized carbons (Fsp3) is 0.650. The summed E-state index contributed by atoms with van der Waals surface area (Å²) >= 11 is 0. The predicted octanol–water partition coefficient (Wildman–Crippen LogP) is 2.94. The van der Waals surface area contributed by atoms with Crippen LogP contribution in [-0.2, 0) is 14.6 Å². The number of benzene rings is 1. The highest BCUT2D eigenvalue weighted by Crippen LogP contribution is 2.22. The number of hydrogen-bond acceptors (Lipinski definition) is 6. The molecule has 164 valence electrons. The van der Waals surface area contributed by atoms with Crippen molar-refractivity contribution in [3.8, 4) is 5.75 Å². The van der Waals surface area contributed by atoms with Crippen LogP contribution in [-0.4, -0.2) is 75.5 Å². The smallest absolute Gasteiger partial charge is 0.410 e. The third-order valence-electron chi connectivity index (χ3n) is 4.77. The zero-order valence-electron chi connectivity index (χ0n) is 17.8. The van der Waals surface area contributed by atoms with Gasteiger partial charge in [-0.05, 0) is 58.9 Å². The van der Waals surface area contributed by atoms with Crippen molar-refractivity contribution in [2.75, 3.05) is 39.5 Å². The van der Waals surface area contributed by atoms with Crippen LogP contribution in [0.2, 0.25) is 0 Å². The zero-order valence-corrected chi connectivity index (χ0v) is 18.6. The molecule has 0 saturated carbocycles. The summed E-state index contributed by atoms with van der Waals surface area (Å²) in [7, 11) is -1.48. The van der Waals surface area contributed by atoms with Gasteiger partial charge in [-0.3, -0.25) is 4.90 Å². The molecule has 1 aliphatic rings. The van der Waals surface area contributed by atoms with E-state index in [-0.39, 0.29) is 23.3 Å². The van der Waals surface area contributed by atoms with Gasteiger partial charge in [-0.1, -0.05) is 0 Å². The molecular formula is C20H31FN2O5S. The van der Waals surface area contributed by atoms with E-state index in [1.165, 1.54) is 12.1 Å². The highest BCUT2D eigenvalue weighted by atomic mass is 32.2. The van der Waals surface area contributed by atoms with Gasteiger partial charge in [0.2, 0.25) is 0 Å². The first kappa shape index (κ1) is 23.4. The van der Waals surface area contributed by atoms with E-state index in [0.717, 1.165) is 25.2 Å². The number of halogens is 1. The maximum atomic E-state index is 14.0. The second kappa shape index (κ2) is 9.30. The molecule has 2 rings (SSSR count). The fourth-order valence-electron chi connectivity index (χ4n) is 3.13. The molecule has 0 N–H and O–H groups in total. The van der Waals surface area contributed by atoms with Crippen LogP contribution in [0.4, 0.5) is 9.18 Å². The van der Waals surface area contributed by atoms with E-state index in [2.05, 4.69) is 4.90 Å². The zero-order chi connectivity index (χ0) is 21.8. The van der Waals surface area contributed by atoms with E-state index in [0.29, 0.717) is 25.7 Å². The monoisotopic (exact) mass is 430 g/mol. The summed E-state index contributed by atoms with van der Waals surface area (Å²) in [6.45, 7) is 7.68. The van der Waals surface area contributed by atoms with Gasteiger partial charge in [0.15, 0.2) is 21.4 Å². The van der Waals surface area contributed by atoms with Gasteiger partial charge in [0.25, 0.3) is 0 Å². The first-order chi connectivity index (χ1) is 13.4. The Kier molecular flexibility index (Phi) is 7.50. The Morgan fingerprint density at radius 3 is 2.41 bits per heavy atom. The fourth-order valence-corrected chi connectivity index (χ4v) is 3.76. The first-order valence-electron chi connectivity index (χ1n) is 9.67. The Morgan fingerprint density at radius 1 is 1.28 bits per heavy atom. The molecule has 1 aromatic carbocycles. The highest BCUT2D eigenvalue weighted by Gasteiger charge is 2.28. The van der Waals surface area contributed by atoms with E-state index in [4.69, 9.17) is 9.47 Å². The number of hydrogen-bond donors (Lipinski definition) is 0. The summed E-state index contributed by atoms with van der Waals surface area (Å²) in [6.07, 6.45) is 2.40. The highest BCUT2D eigenvalue weighted by molar-refractivity contribution is 7.90. The summed E-state index contributed by atoms with van der Waals surface area (Å²) < 4.78 is 47.9. The standard InChI is InChI=1S/C20H31FN2O5S/c1-20(2,3)28-19(24)23-10-8-15(9-11-23)22(4)12-13-27-18-7-6-16(14-17(18)21)29(5,25)26/h6-7,14-15H,8-13H2,1-5H3. The second-order valence-corrected chi connectivity index (χ2v) is 10.4. The average Bonchev–Trinajstić information content (AvgIpc) is 2.60. The first-order valence-corrected chi connectivity index (χ1v) is 11.6. The quantitative estimate of drug-likeness (QED) is 0.691. The molecule has 29 heavy (non-hydrogen) atoms. The minimum atomic E-state index is -3.45. The van der Waals surface area contributed by atoms with Crippen molar-refractivity contribution in [1.82, 2.24) is 9.80 Å². The van der Waals surface area contributed by atoms with E-state index < -0.39 is 21.3 Å².